The second-order valence-electron chi connectivity index (χ2n) is 5.65. The molecule has 4 heteroatoms. The maximum absolute atomic E-state index is 11.8. The van der Waals surface area contributed by atoms with Crippen molar-refractivity contribution in [3.8, 4) is 0 Å². The molecule has 1 aliphatic rings. The summed E-state index contributed by atoms with van der Waals surface area (Å²) in [7, 11) is 0. The standard InChI is InChI=1S/C13H27N3O/c1-9(2)8-15-13(17)10(3)16-12-6-4-5-11(14)7-12/h9-12,16H,4-8,14H2,1-3H3,(H,15,17). The van der Waals surface area contributed by atoms with Gasteiger partial charge in [0.2, 0.25) is 5.91 Å². The third-order valence-corrected chi connectivity index (χ3v) is 3.28. The summed E-state index contributed by atoms with van der Waals surface area (Å²) in [5.74, 6) is 0.590. The number of hydrogen-bond donors (Lipinski definition) is 3. The molecule has 1 amide bonds. The molecule has 0 radical (unpaired) electrons. The Kier molecular flexibility index (Phi) is 5.92. The van der Waals surface area contributed by atoms with E-state index in [0.717, 1.165) is 25.8 Å². The smallest absolute Gasteiger partial charge is 0.236 e. The highest BCUT2D eigenvalue weighted by Crippen LogP contribution is 2.17. The number of carbonyl (C=O) groups excluding carboxylic acids is 1. The lowest BCUT2D eigenvalue weighted by Gasteiger charge is -2.29. The molecule has 0 aromatic carbocycles. The highest BCUT2D eigenvalue weighted by atomic mass is 16.2. The largest absolute Gasteiger partial charge is 0.354 e. The summed E-state index contributed by atoms with van der Waals surface area (Å²) in [5.41, 5.74) is 5.93. The van der Waals surface area contributed by atoms with Gasteiger partial charge in [-0.15, -0.1) is 0 Å². The number of carbonyl (C=O) groups is 1. The van der Waals surface area contributed by atoms with Gasteiger partial charge in [0, 0.05) is 18.6 Å². The Morgan fingerprint density at radius 2 is 2.06 bits per heavy atom. The Hall–Kier alpha value is -0.610. The van der Waals surface area contributed by atoms with Crippen LogP contribution < -0.4 is 16.4 Å². The molecule has 4 nitrogen and oxygen atoms in total. The van der Waals surface area contributed by atoms with E-state index in [9.17, 15) is 4.79 Å². The molecule has 17 heavy (non-hydrogen) atoms. The highest BCUT2D eigenvalue weighted by molar-refractivity contribution is 5.81. The van der Waals surface area contributed by atoms with Crippen LogP contribution in [0.15, 0.2) is 0 Å². The molecule has 100 valence electrons. The molecule has 0 aromatic heterocycles. The minimum Gasteiger partial charge on any atom is -0.354 e. The summed E-state index contributed by atoms with van der Waals surface area (Å²) >= 11 is 0. The lowest BCUT2D eigenvalue weighted by molar-refractivity contribution is -0.123. The normalized spacial score (nSPS) is 26.9. The van der Waals surface area contributed by atoms with Crippen LogP contribution in [0.5, 0.6) is 0 Å². The number of nitrogens with one attached hydrogen (secondary N) is 2. The van der Waals surface area contributed by atoms with Gasteiger partial charge in [-0.2, -0.15) is 0 Å². The summed E-state index contributed by atoms with van der Waals surface area (Å²) in [6.45, 7) is 6.86. The van der Waals surface area contributed by atoms with Gasteiger partial charge < -0.3 is 16.4 Å². The Balaban J connectivity index is 2.27. The number of hydrogen-bond acceptors (Lipinski definition) is 3. The van der Waals surface area contributed by atoms with E-state index < -0.39 is 0 Å². The molecule has 0 aliphatic heterocycles. The summed E-state index contributed by atoms with van der Waals surface area (Å²) in [5, 5.41) is 6.33. The van der Waals surface area contributed by atoms with Crippen molar-refractivity contribution >= 4 is 5.91 Å². The summed E-state index contributed by atoms with van der Waals surface area (Å²) in [6, 6.07) is 0.578. The van der Waals surface area contributed by atoms with E-state index >= 15 is 0 Å². The molecule has 0 spiro atoms. The molecule has 3 atom stereocenters. The predicted molar refractivity (Wildman–Crippen MR) is 70.7 cm³/mol. The zero-order valence-electron chi connectivity index (χ0n) is 11.3. The van der Waals surface area contributed by atoms with Crippen LogP contribution in [-0.4, -0.2) is 30.6 Å². The van der Waals surface area contributed by atoms with Crippen molar-refractivity contribution in [2.75, 3.05) is 6.54 Å². The Morgan fingerprint density at radius 1 is 1.35 bits per heavy atom. The number of nitrogens with two attached hydrogens (primary N) is 1. The first kappa shape index (κ1) is 14.5. The van der Waals surface area contributed by atoms with Crippen molar-refractivity contribution in [2.45, 2.75) is 64.6 Å². The molecule has 0 saturated heterocycles. The average molecular weight is 241 g/mol. The topological polar surface area (TPSA) is 67.2 Å². The fourth-order valence-electron chi connectivity index (χ4n) is 2.27. The minimum absolute atomic E-state index is 0.0952. The van der Waals surface area contributed by atoms with Crippen LogP contribution in [0.4, 0.5) is 0 Å². The first-order valence-electron chi connectivity index (χ1n) is 6.78. The lowest BCUT2D eigenvalue weighted by atomic mass is 9.91. The first-order valence-corrected chi connectivity index (χ1v) is 6.78. The van der Waals surface area contributed by atoms with E-state index in [2.05, 4.69) is 24.5 Å². The van der Waals surface area contributed by atoms with Gasteiger partial charge in [0.15, 0.2) is 0 Å². The molecule has 0 bridgehead atoms. The monoisotopic (exact) mass is 241 g/mol. The van der Waals surface area contributed by atoms with Gasteiger partial charge in [-0.25, -0.2) is 0 Å². The van der Waals surface area contributed by atoms with Crippen molar-refractivity contribution in [1.29, 1.82) is 0 Å². The van der Waals surface area contributed by atoms with Gasteiger partial charge in [-0.1, -0.05) is 20.3 Å². The average Bonchev–Trinajstić information content (AvgIpc) is 2.25. The Labute approximate surface area is 105 Å². The Morgan fingerprint density at radius 3 is 2.65 bits per heavy atom. The van der Waals surface area contributed by atoms with Crippen LogP contribution in [0.3, 0.4) is 0 Å². The SMILES string of the molecule is CC(C)CNC(=O)C(C)NC1CCCC(N)C1. The fourth-order valence-corrected chi connectivity index (χ4v) is 2.27. The molecule has 1 rings (SSSR count). The van der Waals surface area contributed by atoms with Gasteiger partial charge in [0.25, 0.3) is 0 Å². The second-order valence-corrected chi connectivity index (χ2v) is 5.65. The van der Waals surface area contributed by atoms with Gasteiger partial charge in [-0.05, 0) is 32.1 Å². The van der Waals surface area contributed by atoms with Gasteiger partial charge in [-0.3, -0.25) is 4.79 Å². The minimum atomic E-state index is -0.121. The van der Waals surface area contributed by atoms with Crippen LogP contribution in [-0.2, 0) is 4.79 Å². The van der Waals surface area contributed by atoms with E-state index in [1.165, 1.54) is 6.42 Å². The van der Waals surface area contributed by atoms with Crippen molar-refractivity contribution in [1.82, 2.24) is 10.6 Å². The first-order chi connectivity index (χ1) is 7.99. The molecule has 3 unspecified atom stereocenters. The van der Waals surface area contributed by atoms with E-state index in [-0.39, 0.29) is 11.9 Å². The van der Waals surface area contributed by atoms with Gasteiger partial charge in [0.1, 0.15) is 0 Å². The second kappa shape index (κ2) is 6.97. The zero-order chi connectivity index (χ0) is 12.8. The van der Waals surface area contributed by atoms with Crippen LogP contribution in [0.25, 0.3) is 0 Å². The third-order valence-electron chi connectivity index (χ3n) is 3.28. The molecule has 1 fully saturated rings. The lowest BCUT2D eigenvalue weighted by Crippen LogP contribution is -2.49. The molecular formula is C13H27N3O. The third kappa shape index (κ3) is 5.50. The molecule has 0 aromatic rings. The summed E-state index contributed by atoms with van der Waals surface area (Å²) in [6.07, 6.45) is 4.41. The van der Waals surface area contributed by atoms with E-state index in [1.54, 1.807) is 0 Å². The maximum Gasteiger partial charge on any atom is 0.236 e. The maximum atomic E-state index is 11.8. The molecule has 1 saturated carbocycles. The zero-order valence-corrected chi connectivity index (χ0v) is 11.3. The van der Waals surface area contributed by atoms with Crippen LogP contribution >= 0.6 is 0 Å². The molecule has 0 heterocycles. The molecular weight excluding hydrogens is 214 g/mol. The van der Waals surface area contributed by atoms with Crippen LogP contribution in [0.1, 0.15) is 46.5 Å². The van der Waals surface area contributed by atoms with Crippen LogP contribution in [0, 0.1) is 5.92 Å². The van der Waals surface area contributed by atoms with Gasteiger partial charge >= 0.3 is 0 Å². The van der Waals surface area contributed by atoms with Crippen molar-refractivity contribution in [3.63, 3.8) is 0 Å². The van der Waals surface area contributed by atoms with Crippen molar-refractivity contribution in [3.05, 3.63) is 0 Å². The van der Waals surface area contributed by atoms with E-state index in [0.29, 0.717) is 18.0 Å². The summed E-state index contributed by atoms with van der Waals surface area (Å²) in [4.78, 5) is 11.8. The van der Waals surface area contributed by atoms with Crippen molar-refractivity contribution in [2.24, 2.45) is 11.7 Å². The fraction of sp³-hybridized carbons (Fsp3) is 0.923. The predicted octanol–water partition coefficient (Wildman–Crippen LogP) is 1.01. The van der Waals surface area contributed by atoms with Crippen molar-refractivity contribution < 1.29 is 4.79 Å². The van der Waals surface area contributed by atoms with E-state index in [4.69, 9.17) is 5.73 Å². The molecule has 1 aliphatic carbocycles. The highest BCUT2D eigenvalue weighted by Gasteiger charge is 2.22. The Bertz CT molecular complexity index is 243. The number of rotatable bonds is 5. The van der Waals surface area contributed by atoms with Crippen LogP contribution in [0.2, 0.25) is 0 Å². The van der Waals surface area contributed by atoms with Gasteiger partial charge in [0.05, 0.1) is 6.04 Å². The summed E-state index contributed by atoms with van der Waals surface area (Å²) < 4.78 is 0. The van der Waals surface area contributed by atoms with E-state index in [1.807, 2.05) is 6.92 Å². The molecule has 4 N–H and O–H groups in total. The number of amides is 1. The quantitative estimate of drug-likeness (QED) is 0.673.